The van der Waals surface area contributed by atoms with Crippen molar-refractivity contribution >= 4 is 18.0 Å². The predicted octanol–water partition coefficient (Wildman–Crippen LogP) is 0.834. The van der Waals surface area contributed by atoms with Crippen LogP contribution in [0.1, 0.15) is 32.1 Å². The molecule has 7 heteroatoms. The van der Waals surface area contributed by atoms with Gasteiger partial charge in [-0.15, -0.1) is 0 Å². The fourth-order valence-corrected chi connectivity index (χ4v) is 3.26. The summed E-state index contributed by atoms with van der Waals surface area (Å²) in [6.45, 7) is 0.979. The molecule has 7 nitrogen and oxygen atoms in total. The number of carbonyl (C=O) groups is 3. The maximum absolute atomic E-state index is 12.5. The summed E-state index contributed by atoms with van der Waals surface area (Å²) in [6.07, 6.45) is 3.15. The van der Waals surface area contributed by atoms with Gasteiger partial charge in [-0.1, -0.05) is 12.8 Å². The Kier molecular flexibility index (Phi) is 5.03. The summed E-state index contributed by atoms with van der Waals surface area (Å²) in [5.74, 6) is -1.96. The summed E-state index contributed by atoms with van der Waals surface area (Å²) >= 11 is 0. The molecule has 2 fully saturated rings. The molecule has 1 aliphatic carbocycles. The van der Waals surface area contributed by atoms with Gasteiger partial charge in [0.15, 0.2) is 0 Å². The second-order valence-electron chi connectivity index (χ2n) is 5.74. The Morgan fingerprint density at radius 2 is 1.81 bits per heavy atom. The van der Waals surface area contributed by atoms with Gasteiger partial charge in [-0.3, -0.25) is 9.59 Å². The van der Waals surface area contributed by atoms with E-state index in [1.807, 2.05) is 0 Å². The number of hydrogen-bond acceptors (Lipinski definition) is 4. The van der Waals surface area contributed by atoms with Gasteiger partial charge in [0.25, 0.3) is 0 Å². The van der Waals surface area contributed by atoms with Gasteiger partial charge in [0.05, 0.1) is 25.0 Å². The molecule has 1 saturated carbocycles. The molecule has 2 amide bonds. The molecule has 0 spiro atoms. The largest absolute Gasteiger partial charge is 0.481 e. The Bertz CT molecular complexity index is 426. The molecular weight excluding hydrogens is 276 g/mol. The molecule has 0 aromatic rings. The molecule has 3 unspecified atom stereocenters. The lowest BCUT2D eigenvalue weighted by Crippen LogP contribution is -2.43. The van der Waals surface area contributed by atoms with Gasteiger partial charge in [-0.05, 0) is 19.3 Å². The normalized spacial score (nSPS) is 29.0. The standard InChI is InChI=1S/C14H22N2O5/c1-21-14(20)15-9-6-7-16(8-9)12(17)10-4-2-3-5-11(10)13(18)19/h9-11H,2-8H2,1H3,(H,15,20)(H,18,19). The number of ether oxygens (including phenoxy) is 1. The van der Waals surface area contributed by atoms with Crippen LogP contribution in [0.25, 0.3) is 0 Å². The third kappa shape index (κ3) is 3.65. The number of nitrogens with one attached hydrogen (secondary N) is 1. The van der Waals surface area contributed by atoms with E-state index in [4.69, 9.17) is 0 Å². The Hall–Kier alpha value is -1.79. The van der Waals surface area contributed by atoms with E-state index in [1.54, 1.807) is 4.90 Å². The highest BCUT2D eigenvalue weighted by atomic mass is 16.5. The zero-order valence-electron chi connectivity index (χ0n) is 12.2. The Balaban J connectivity index is 1.94. The number of carboxylic acid groups (broad SMARTS) is 1. The highest BCUT2D eigenvalue weighted by Crippen LogP contribution is 2.32. The van der Waals surface area contributed by atoms with Crippen LogP contribution in [0.5, 0.6) is 0 Å². The summed E-state index contributed by atoms with van der Waals surface area (Å²) in [5.41, 5.74) is 0. The Morgan fingerprint density at radius 3 is 2.43 bits per heavy atom. The molecule has 2 N–H and O–H groups in total. The number of nitrogens with zero attached hydrogens (tertiary/aromatic N) is 1. The highest BCUT2D eigenvalue weighted by Gasteiger charge is 2.39. The van der Waals surface area contributed by atoms with Crippen molar-refractivity contribution in [3.63, 3.8) is 0 Å². The number of alkyl carbamates (subject to hydrolysis) is 1. The van der Waals surface area contributed by atoms with E-state index in [0.29, 0.717) is 32.4 Å². The molecule has 118 valence electrons. The SMILES string of the molecule is COC(=O)NC1CCN(C(=O)C2CCCCC2C(=O)O)C1. The van der Waals surface area contributed by atoms with E-state index in [1.165, 1.54) is 7.11 Å². The second kappa shape index (κ2) is 6.78. The molecule has 0 aromatic heterocycles. The van der Waals surface area contributed by atoms with Crippen molar-refractivity contribution < 1.29 is 24.2 Å². The van der Waals surface area contributed by atoms with Gasteiger partial charge >= 0.3 is 12.1 Å². The molecule has 1 saturated heterocycles. The van der Waals surface area contributed by atoms with Gasteiger partial charge in [0.2, 0.25) is 5.91 Å². The third-order valence-electron chi connectivity index (χ3n) is 4.41. The lowest BCUT2D eigenvalue weighted by atomic mass is 9.78. The van der Waals surface area contributed by atoms with Crippen LogP contribution < -0.4 is 5.32 Å². The third-order valence-corrected chi connectivity index (χ3v) is 4.41. The highest BCUT2D eigenvalue weighted by molar-refractivity contribution is 5.85. The molecular formula is C14H22N2O5. The molecule has 21 heavy (non-hydrogen) atoms. The van der Waals surface area contributed by atoms with Crippen LogP contribution in [0, 0.1) is 11.8 Å². The number of carboxylic acids is 1. The lowest BCUT2D eigenvalue weighted by molar-refractivity contribution is -0.151. The minimum Gasteiger partial charge on any atom is -0.481 e. The van der Waals surface area contributed by atoms with Crippen LogP contribution in [0.2, 0.25) is 0 Å². The van der Waals surface area contributed by atoms with Crippen LogP contribution in [0.4, 0.5) is 4.79 Å². The number of carbonyl (C=O) groups excluding carboxylic acids is 2. The number of rotatable bonds is 3. The number of methoxy groups -OCH3 is 1. The number of amides is 2. The molecule has 3 atom stereocenters. The molecule has 0 aromatic carbocycles. The van der Waals surface area contributed by atoms with Gasteiger partial charge < -0.3 is 20.1 Å². The lowest BCUT2D eigenvalue weighted by Gasteiger charge is -2.31. The topological polar surface area (TPSA) is 95.9 Å². The van der Waals surface area contributed by atoms with Gasteiger partial charge in [-0.2, -0.15) is 0 Å². The van der Waals surface area contributed by atoms with Crippen LogP contribution in [0.3, 0.4) is 0 Å². The zero-order valence-corrected chi connectivity index (χ0v) is 12.2. The van der Waals surface area contributed by atoms with Crippen molar-refractivity contribution in [3.05, 3.63) is 0 Å². The number of likely N-dealkylation sites (tertiary alicyclic amines) is 1. The van der Waals surface area contributed by atoms with E-state index in [0.717, 1.165) is 12.8 Å². The first-order chi connectivity index (χ1) is 10.0. The van der Waals surface area contributed by atoms with Crippen molar-refractivity contribution in [1.82, 2.24) is 10.2 Å². The molecule has 0 bridgehead atoms. The monoisotopic (exact) mass is 298 g/mol. The van der Waals surface area contributed by atoms with Crippen LogP contribution in [0.15, 0.2) is 0 Å². The van der Waals surface area contributed by atoms with Gasteiger partial charge in [0.1, 0.15) is 0 Å². The Labute approximate surface area is 123 Å². The van der Waals surface area contributed by atoms with E-state index in [2.05, 4.69) is 10.1 Å². The Morgan fingerprint density at radius 1 is 1.14 bits per heavy atom. The fourth-order valence-electron chi connectivity index (χ4n) is 3.26. The van der Waals surface area contributed by atoms with Crippen molar-refractivity contribution in [3.8, 4) is 0 Å². The number of hydrogen-bond donors (Lipinski definition) is 2. The first-order valence-corrected chi connectivity index (χ1v) is 7.39. The minimum absolute atomic E-state index is 0.0868. The molecule has 0 radical (unpaired) electrons. The summed E-state index contributed by atoms with van der Waals surface area (Å²) in [4.78, 5) is 36.7. The molecule has 2 rings (SSSR count). The molecule has 1 heterocycles. The van der Waals surface area contributed by atoms with E-state index < -0.39 is 23.9 Å². The maximum atomic E-state index is 12.5. The summed E-state index contributed by atoms with van der Waals surface area (Å²) in [6, 6.07) is -0.117. The average Bonchev–Trinajstić information content (AvgIpc) is 2.94. The number of aliphatic carboxylic acids is 1. The first kappa shape index (κ1) is 15.6. The van der Waals surface area contributed by atoms with Crippen LogP contribution in [-0.4, -0.2) is 54.2 Å². The first-order valence-electron chi connectivity index (χ1n) is 7.39. The van der Waals surface area contributed by atoms with E-state index >= 15 is 0 Å². The van der Waals surface area contributed by atoms with Gasteiger partial charge in [-0.25, -0.2) is 4.79 Å². The van der Waals surface area contributed by atoms with Crippen molar-refractivity contribution in [2.45, 2.75) is 38.1 Å². The minimum atomic E-state index is -0.878. The van der Waals surface area contributed by atoms with Crippen molar-refractivity contribution in [2.75, 3.05) is 20.2 Å². The van der Waals surface area contributed by atoms with E-state index in [9.17, 15) is 19.5 Å². The fraction of sp³-hybridized carbons (Fsp3) is 0.786. The van der Waals surface area contributed by atoms with Crippen molar-refractivity contribution in [1.29, 1.82) is 0 Å². The summed E-state index contributed by atoms with van der Waals surface area (Å²) in [7, 11) is 1.30. The maximum Gasteiger partial charge on any atom is 0.407 e. The molecule has 2 aliphatic rings. The molecule has 1 aliphatic heterocycles. The summed E-state index contributed by atoms with van der Waals surface area (Å²) < 4.78 is 4.54. The average molecular weight is 298 g/mol. The summed E-state index contributed by atoms with van der Waals surface area (Å²) in [5, 5.41) is 11.9. The zero-order chi connectivity index (χ0) is 15.4. The van der Waals surface area contributed by atoms with Crippen LogP contribution >= 0.6 is 0 Å². The second-order valence-corrected chi connectivity index (χ2v) is 5.74. The van der Waals surface area contributed by atoms with Crippen LogP contribution in [-0.2, 0) is 14.3 Å². The predicted molar refractivity (Wildman–Crippen MR) is 73.6 cm³/mol. The van der Waals surface area contributed by atoms with E-state index in [-0.39, 0.29) is 11.9 Å². The van der Waals surface area contributed by atoms with Gasteiger partial charge in [0, 0.05) is 13.1 Å². The smallest absolute Gasteiger partial charge is 0.407 e. The quantitative estimate of drug-likeness (QED) is 0.804. The van der Waals surface area contributed by atoms with Crippen molar-refractivity contribution in [2.24, 2.45) is 11.8 Å².